The van der Waals surface area contributed by atoms with Crippen LogP contribution in [0.2, 0.25) is 0 Å². The molecule has 4 rings (SSSR count). The van der Waals surface area contributed by atoms with Crippen molar-refractivity contribution in [2.75, 3.05) is 19.6 Å². The van der Waals surface area contributed by atoms with Gasteiger partial charge in [0.2, 0.25) is 0 Å². The third kappa shape index (κ3) is 3.38. The van der Waals surface area contributed by atoms with Gasteiger partial charge in [-0.25, -0.2) is 4.39 Å². The summed E-state index contributed by atoms with van der Waals surface area (Å²) >= 11 is 0. The number of halogens is 1. The molecule has 0 bridgehead atoms. The molecule has 26 heavy (non-hydrogen) atoms. The van der Waals surface area contributed by atoms with Crippen LogP contribution < -0.4 is 0 Å². The molecule has 1 atom stereocenters. The smallest absolute Gasteiger partial charge is 0.257 e. The first-order chi connectivity index (χ1) is 12.5. The molecule has 4 heterocycles. The Morgan fingerprint density at radius 1 is 1.31 bits per heavy atom. The number of carbonyl (C=O) groups is 1. The first kappa shape index (κ1) is 17.2. The molecule has 140 valence electrons. The van der Waals surface area contributed by atoms with Gasteiger partial charge in [0, 0.05) is 46.0 Å². The lowest BCUT2D eigenvalue weighted by Crippen LogP contribution is -2.31. The van der Waals surface area contributed by atoms with E-state index in [2.05, 4.69) is 21.2 Å². The maximum absolute atomic E-state index is 13.4. The second-order valence-electron chi connectivity index (χ2n) is 7.35. The Morgan fingerprint density at radius 3 is 2.85 bits per heavy atom. The van der Waals surface area contributed by atoms with Gasteiger partial charge in [0.15, 0.2) is 0 Å². The largest absolute Gasteiger partial charge is 0.333 e. The monoisotopic (exact) mass is 360 g/mol. The number of rotatable bonds is 3. The standard InChI is InChI=1S/C18H25FN6O/c1-13-17(12-22(2)20-13)18(26)24-5-3-6-25-16(11-24)8-15(21-25)10-23-7-4-14(19)9-23/h8,12,14H,3-7,9-11H2,1-2H3/t14-/m0/s1. The van der Waals surface area contributed by atoms with E-state index < -0.39 is 6.17 Å². The highest BCUT2D eigenvalue weighted by Gasteiger charge is 2.26. The third-order valence-electron chi connectivity index (χ3n) is 5.20. The molecule has 2 aromatic heterocycles. The lowest BCUT2D eigenvalue weighted by atomic mass is 10.2. The summed E-state index contributed by atoms with van der Waals surface area (Å²) in [7, 11) is 1.83. The van der Waals surface area contributed by atoms with Gasteiger partial charge in [-0.05, 0) is 25.8 Å². The molecule has 8 heteroatoms. The summed E-state index contributed by atoms with van der Waals surface area (Å²) in [5, 5.41) is 8.96. The highest BCUT2D eigenvalue weighted by Crippen LogP contribution is 2.20. The summed E-state index contributed by atoms with van der Waals surface area (Å²) in [6, 6.07) is 2.06. The van der Waals surface area contributed by atoms with Crippen LogP contribution in [0.3, 0.4) is 0 Å². The Morgan fingerprint density at radius 2 is 2.15 bits per heavy atom. The van der Waals surface area contributed by atoms with Gasteiger partial charge in [0.05, 0.1) is 29.2 Å². The van der Waals surface area contributed by atoms with Gasteiger partial charge < -0.3 is 4.90 Å². The van der Waals surface area contributed by atoms with Gasteiger partial charge >= 0.3 is 0 Å². The van der Waals surface area contributed by atoms with Crippen molar-refractivity contribution in [1.29, 1.82) is 0 Å². The zero-order chi connectivity index (χ0) is 18.3. The van der Waals surface area contributed by atoms with E-state index in [0.29, 0.717) is 38.2 Å². The lowest BCUT2D eigenvalue weighted by molar-refractivity contribution is 0.0745. The van der Waals surface area contributed by atoms with Crippen molar-refractivity contribution in [3.63, 3.8) is 0 Å². The van der Waals surface area contributed by atoms with Crippen molar-refractivity contribution in [1.82, 2.24) is 29.4 Å². The molecule has 0 spiro atoms. The quantitative estimate of drug-likeness (QED) is 0.833. The lowest BCUT2D eigenvalue weighted by Gasteiger charge is -2.19. The zero-order valence-electron chi connectivity index (χ0n) is 15.4. The van der Waals surface area contributed by atoms with Gasteiger partial charge in [-0.2, -0.15) is 10.2 Å². The van der Waals surface area contributed by atoms with Crippen LogP contribution >= 0.6 is 0 Å². The molecular formula is C18H25FN6O. The number of hydrogen-bond acceptors (Lipinski definition) is 4. The predicted octanol–water partition coefficient (Wildman–Crippen LogP) is 1.51. The molecule has 0 aromatic carbocycles. The van der Waals surface area contributed by atoms with Crippen LogP contribution in [0.5, 0.6) is 0 Å². The minimum Gasteiger partial charge on any atom is -0.333 e. The molecule has 0 radical (unpaired) electrons. The van der Waals surface area contributed by atoms with E-state index in [4.69, 9.17) is 0 Å². The fourth-order valence-corrected chi connectivity index (χ4v) is 3.91. The highest BCUT2D eigenvalue weighted by atomic mass is 19.1. The number of amides is 1. The van der Waals surface area contributed by atoms with Crippen LogP contribution in [-0.4, -0.2) is 61.1 Å². The second-order valence-corrected chi connectivity index (χ2v) is 7.35. The normalized spacial score (nSPS) is 21.0. The number of aryl methyl sites for hydroxylation is 3. The number of fused-ring (bicyclic) bond motifs is 1. The fraction of sp³-hybridized carbons (Fsp3) is 0.611. The van der Waals surface area contributed by atoms with Crippen molar-refractivity contribution >= 4 is 5.91 Å². The summed E-state index contributed by atoms with van der Waals surface area (Å²) in [6.45, 7) is 5.88. The van der Waals surface area contributed by atoms with E-state index in [1.807, 2.05) is 23.6 Å². The van der Waals surface area contributed by atoms with Gasteiger partial charge in [-0.15, -0.1) is 0 Å². The maximum Gasteiger partial charge on any atom is 0.257 e. The van der Waals surface area contributed by atoms with E-state index in [-0.39, 0.29) is 5.91 Å². The van der Waals surface area contributed by atoms with E-state index in [1.54, 1.807) is 10.9 Å². The molecular weight excluding hydrogens is 335 g/mol. The van der Waals surface area contributed by atoms with Gasteiger partial charge in [-0.3, -0.25) is 19.1 Å². The maximum atomic E-state index is 13.4. The highest BCUT2D eigenvalue weighted by molar-refractivity contribution is 5.95. The zero-order valence-corrected chi connectivity index (χ0v) is 15.4. The van der Waals surface area contributed by atoms with Crippen molar-refractivity contribution in [3.8, 4) is 0 Å². The molecule has 1 saturated heterocycles. The Hall–Kier alpha value is -2.22. The van der Waals surface area contributed by atoms with Crippen molar-refractivity contribution in [3.05, 3.63) is 34.9 Å². The Kier molecular flexibility index (Phi) is 4.52. The van der Waals surface area contributed by atoms with Crippen LogP contribution in [0.25, 0.3) is 0 Å². The molecule has 7 nitrogen and oxygen atoms in total. The number of nitrogens with zero attached hydrogens (tertiary/aromatic N) is 6. The number of aromatic nitrogens is 4. The Bertz CT molecular complexity index is 813. The molecule has 1 amide bonds. The van der Waals surface area contributed by atoms with E-state index >= 15 is 0 Å². The molecule has 0 saturated carbocycles. The number of carbonyl (C=O) groups excluding carboxylic acids is 1. The molecule has 1 fully saturated rings. The molecule has 2 aromatic rings. The van der Waals surface area contributed by atoms with Crippen molar-refractivity contribution in [2.24, 2.45) is 7.05 Å². The Balaban J connectivity index is 1.49. The average molecular weight is 360 g/mol. The van der Waals surface area contributed by atoms with Gasteiger partial charge in [0.1, 0.15) is 6.17 Å². The Labute approximate surface area is 152 Å². The fourth-order valence-electron chi connectivity index (χ4n) is 3.91. The summed E-state index contributed by atoms with van der Waals surface area (Å²) in [5.74, 6) is 0.0200. The van der Waals surface area contributed by atoms with Crippen LogP contribution in [-0.2, 0) is 26.7 Å². The molecule has 2 aliphatic heterocycles. The van der Waals surface area contributed by atoms with Crippen LogP contribution in [0.4, 0.5) is 4.39 Å². The van der Waals surface area contributed by atoms with E-state index in [0.717, 1.165) is 36.6 Å². The topological polar surface area (TPSA) is 59.2 Å². The minimum absolute atomic E-state index is 0.0200. The number of likely N-dealkylation sites (tertiary alicyclic amines) is 1. The van der Waals surface area contributed by atoms with Crippen LogP contribution in [0, 0.1) is 6.92 Å². The van der Waals surface area contributed by atoms with E-state index in [1.165, 1.54) is 0 Å². The summed E-state index contributed by atoms with van der Waals surface area (Å²) < 4.78 is 17.1. The second kappa shape index (κ2) is 6.83. The minimum atomic E-state index is -0.716. The molecule has 2 aliphatic rings. The van der Waals surface area contributed by atoms with Crippen LogP contribution in [0.1, 0.15) is 40.3 Å². The number of alkyl halides is 1. The summed E-state index contributed by atoms with van der Waals surface area (Å²) in [4.78, 5) is 16.9. The molecule has 0 aliphatic carbocycles. The third-order valence-corrected chi connectivity index (χ3v) is 5.20. The molecule has 0 unspecified atom stereocenters. The van der Waals surface area contributed by atoms with Crippen molar-refractivity contribution < 1.29 is 9.18 Å². The van der Waals surface area contributed by atoms with Crippen LogP contribution in [0.15, 0.2) is 12.3 Å². The molecule has 0 N–H and O–H groups in total. The van der Waals surface area contributed by atoms with Gasteiger partial charge in [0.25, 0.3) is 5.91 Å². The number of hydrogen-bond donors (Lipinski definition) is 0. The van der Waals surface area contributed by atoms with E-state index in [9.17, 15) is 9.18 Å². The first-order valence-electron chi connectivity index (χ1n) is 9.21. The van der Waals surface area contributed by atoms with Gasteiger partial charge in [-0.1, -0.05) is 0 Å². The summed E-state index contributed by atoms with van der Waals surface area (Å²) in [5.41, 5.74) is 3.42. The SMILES string of the molecule is Cc1nn(C)cc1C(=O)N1CCCn2nc(CN3CC[C@H](F)C3)cc2C1. The summed E-state index contributed by atoms with van der Waals surface area (Å²) in [6.07, 6.45) is 2.55. The predicted molar refractivity (Wildman–Crippen MR) is 94.3 cm³/mol. The van der Waals surface area contributed by atoms with Crippen molar-refractivity contribution in [2.45, 2.75) is 45.6 Å². The first-order valence-corrected chi connectivity index (χ1v) is 9.21. The average Bonchev–Trinajstić information content (AvgIpc) is 3.22.